The fourth-order valence-electron chi connectivity index (χ4n) is 1.02. The highest BCUT2D eigenvalue weighted by Crippen LogP contribution is 2.31. The summed E-state index contributed by atoms with van der Waals surface area (Å²) in [6, 6.07) is 0. The molecule has 0 saturated heterocycles. The van der Waals surface area contributed by atoms with Crippen LogP contribution in [0.4, 0.5) is 0 Å². The molecule has 10 heavy (non-hydrogen) atoms. The van der Waals surface area contributed by atoms with Crippen LogP contribution >= 0.6 is 0 Å². The number of hydrogen-bond donors (Lipinski definition) is 1. The number of rotatable bonds is 5. The van der Waals surface area contributed by atoms with Gasteiger partial charge in [-0.2, -0.15) is 0 Å². The van der Waals surface area contributed by atoms with Crippen LogP contribution < -0.4 is 0 Å². The summed E-state index contributed by atoms with van der Waals surface area (Å²) in [4.78, 5) is 0. The largest absolute Gasteiger partial charge is 0.309 e. The van der Waals surface area contributed by atoms with Gasteiger partial charge in [0.05, 0.1) is 0 Å². The van der Waals surface area contributed by atoms with E-state index in [9.17, 15) is 0 Å². The Morgan fingerprint density at radius 1 is 1.60 bits per heavy atom. The number of hydrogen-bond acceptors (Lipinski definition) is 1. The summed E-state index contributed by atoms with van der Waals surface area (Å²) in [5, 5.41) is 7.53. The minimum Gasteiger partial charge on any atom is -0.309 e. The summed E-state index contributed by atoms with van der Waals surface area (Å²) >= 11 is 0. The van der Waals surface area contributed by atoms with Crippen LogP contribution in [0.2, 0.25) is 0 Å². The van der Waals surface area contributed by atoms with Crippen molar-refractivity contribution < 1.29 is 0 Å². The summed E-state index contributed by atoms with van der Waals surface area (Å²) in [7, 11) is 0. The van der Waals surface area contributed by atoms with Gasteiger partial charge in [0, 0.05) is 12.1 Å². The van der Waals surface area contributed by atoms with Crippen molar-refractivity contribution in [2.24, 2.45) is 5.92 Å². The third-order valence-corrected chi connectivity index (χ3v) is 1.94. The molecule has 1 radical (unpaired) electrons. The zero-order valence-corrected chi connectivity index (χ0v) is 6.69. The van der Waals surface area contributed by atoms with Crippen molar-refractivity contribution in [2.45, 2.75) is 39.0 Å². The maximum Gasteiger partial charge on any atom is 0.0157 e. The maximum absolute atomic E-state index is 7.53. The number of nitrogens with one attached hydrogen (secondary N) is 1. The Balaban J connectivity index is 1.95. The quantitative estimate of drug-likeness (QED) is 0.446. The molecule has 0 spiro atoms. The monoisotopic (exact) mass is 138 g/mol. The lowest BCUT2D eigenvalue weighted by molar-refractivity contribution is 0.796. The highest BCUT2D eigenvalue weighted by atomic mass is 14.5. The van der Waals surface area contributed by atoms with E-state index < -0.39 is 0 Å². The Morgan fingerprint density at radius 2 is 2.30 bits per heavy atom. The van der Waals surface area contributed by atoms with Gasteiger partial charge in [-0.3, -0.25) is 0 Å². The van der Waals surface area contributed by atoms with Crippen molar-refractivity contribution in [1.29, 1.82) is 5.41 Å². The van der Waals surface area contributed by atoms with Crippen molar-refractivity contribution in [3.63, 3.8) is 0 Å². The maximum atomic E-state index is 7.53. The molecule has 1 aliphatic rings. The normalized spacial score (nSPS) is 17.3. The van der Waals surface area contributed by atoms with E-state index in [0.29, 0.717) is 5.92 Å². The number of unbranched alkanes of at least 4 members (excludes halogenated alkanes) is 2. The zero-order chi connectivity index (χ0) is 7.40. The van der Waals surface area contributed by atoms with E-state index in [1.54, 1.807) is 0 Å². The van der Waals surface area contributed by atoms with Gasteiger partial charge in [-0.1, -0.05) is 19.8 Å². The van der Waals surface area contributed by atoms with Crippen molar-refractivity contribution >= 4 is 5.71 Å². The smallest absolute Gasteiger partial charge is 0.0157 e. The van der Waals surface area contributed by atoms with Crippen LogP contribution in [-0.4, -0.2) is 5.71 Å². The van der Waals surface area contributed by atoms with Crippen molar-refractivity contribution in [3.8, 4) is 0 Å². The van der Waals surface area contributed by atoms with Crippen LogP contribution in [0, 0.1) is 17.7 Å². The first-order chi connectivity index (χ1) is 4.84. The Bertz CT molecular complexity index is 114. The van der Waals surface area contributed by atoms with Crippen LogP contribution in [-0.2, 0) is 0 Å². The Kier molecular flexibility index (Phi) is 2.91. The van der Waals surface area contributed by atoms with Crippen LogP contribution in [0.5, 0.6) is 0 Å². The van der Waals surface area contributed by atoms with Crippen LogP contribution in [0.3, 0.4) is 0 Å². The molecule has 57 valence electrons. The molecule has 1 aliphatic carbocycles. The molecule has 1 heteroatoms. The zero-order valence-electron chi connectivity index (χ0n) is 6.69. The fraction of sp³-hybridized carbons (Fsp3) is 0.778. The van der Waals surface area contributed by atoms with Gasteiger partial charge < -0.3 is 5.41 Å². The first-order valence-corrected chi connectivity index (χ1v) is 4.26. The first-order valence-electron chi connectivity index (χ1n) is 4.26. The molecule has 1 N–H and O–H groups in total. The van der Waals surface area contributed by atoms with Crippen molar-refractivity contribution in [3.05, 3.63) is 6.42 Å². The average Bonchev–Trinajstić information content (AvgIpc) is 2.69. The summed E-state index contributed by atoms with van der Waals surface area (Å²) in [5.74, 6) is 0.650. The van der Waals surface area contributed by atoms with Gasteiger partial charge in [0.25, 0.3) is 0 Å². The van der Waals surface area contributed by atoms with Gasteiger partial charge in [0.15, 0.2) is 0 Å². The third kappa shape index (κ3) is 2.51. The second kappa shape index (κ2) is 3.75. The van der Waals surface area contributed by atoms with Crippen molar-refractivity contribution in [2.75, 3.05) is 0 Å². The Morgan fingerprint density at radius 3 is 2.80 bits per heavy atom. The molecule has 0 heterocycles. The average molecular weight is 138 g/mol. The van der Waals surface area contributed by atoms with Gasteiger partial charge in [-0.05, 0) is 25.2 Å². The lowest BCUT2D eigenvalue weighted by Crippen LogP contribution is -1.98. The summed E-state index contributed by atoms with van der Waals surface area (Å²) in [5.41, 5.74) is 0.897. The Hall–Kier alpha value is -0.330. The molecule has 1 nitrogen and oxygen atoms in total. The van der Waals surface area contributed by atoms with E-state index in [1.807, 2.05) is 0 Å². The minimum atomic E-state index is 0.650. The van der Waals surface area contributed by atoms with E-state index >= 15 is 0 Å². The molecule has 1 rings (SSSR count). The van der Waals surface area contributed by atoms with Crippen LogP contribution in [0.1, 0.15) is 39.0 Å². The van der Waals surface area contributed by atoms with Crippen LogP contribution in [0.15, 0.2) is 0 Å². The second-order valence-corrected chi connectivity index (χ2v) is 3.08. The van der Waals surface area contributed by atoms with Crippen LogP contribution in [0.25, 0.3) is 0 Å². The molecule has 0 aromatic carbocycles. The van der Waals surface area contributed by atoms with Gasteiger partial charge in [-0.25, -0.2) is 0 Å². The second-order valence-electron chi connectivity index (χ2n) is 3.08. The van der Waals surface area contributed by atoms with E-state index in [1.165, 1.54) is 25.7 Å². The highest BCUT2D eigenvalue weighted by molar-refractivity contribution is 5.93. The molecule has 0 bridgehead atoms. The third-order valence-electron chi connectivity index (χ3n) is 1.94. The topological polar surface area (TPSA) is 23.9 Å². The summed E-state index contributed by atoms with van der Waals surface area (Å²) < 4.78 is 0. The molecule has 0 unspecified atom stereocenters. The van der Waals surface area contributed by atoms with E-state index in [-0.39, 0.29) is 0 Å². The molecule has 0 aromatic rings. The predicted molar refractivity (Wildman–Crippen MR) is 44.3 cm³/mol. The minimum absolute atomic E-state index is 0.650. The molecule has 0 aliphatic heterocycles. The lowest BCUT2D eigenvalue weighted by Gasteiger charge is -1.98. The van der Waals surface area contributed by atoms with Gasteiger partial charge in [0.1, 0.15) is 0 Å². The fourth-order valence-corrected chi connectivity index (χ4v) is 1.02. The highest BCUT2D eigenvalue weighted by Gasteiger charge is 2.25. The predicted octanol–water partition coefficient (Wildman–Crippen LogP) is 2.81. The molecular weight excluding hydrogens is 122 g/mol. The molecule has 0 aromatic heterocycles. The van der Waals surface area contributed by atoms with Gasteiger partial charge in [0.2, 0.25) is 0 Å². The molecule has 0 atom stereocenters. The van der Waals surface area contributed by atoms with Gasteiger partial charge in [-0.15, -0.1) is 0 Å². The molecule has 0 amide bonds. The van der Waals surface area contributed by atoms with Crippen molar-refractivity contribution in [1.82, 2.24) is 0 Å². The Labute approximate surface area is 63.3 Å². The summed E-state index contributed by atoms with van der Waals surface area (Å²) in [6.45, 7) is 2.19. The standard InChI is InChI=1S/C9H16N/c1-2-3-4-5-9(10)8-6-7-8/h5,8,10H,2-4,6-7H2,1H3. The molecule has 1 fully saturated rings. The van der Waals surface area contributed by atoms with Gasteiger partial charge >= 0.3 is 0 Å². The van der Waals surface area contributed by atoms with E-state index in [0.717, 1.165) is 12.1 Å². The SMILES string of the molecule is CCCC[CH]C(=N)C1CC1. The van der Waals surface area contributed by atoms with E-state index in [2.05, 4.69) is 13.3 Å². The van der Waals surface area contributed by atoms with E-state index in [4.69, 9.17) is 5.41 Å². The molecular formula is C9H16N. The summed E-state index contributed by atoms with van der Waals surface area (Å²) in [6.07, 6.45) is 8.24. The lowest BCUT2D eigenvalue weighted by atomic mass is 10.1. The first kappa shape index (κ1) is 7.77. The molecule has 1 saturated carbocycles.